The number of anilines is 1. The van der Waals surface area contributed by atoms with Crippen molar-refractivity contribution < 1.29 is 9.59 Å². The number of amides is 2. The molecule has 0 bridgehead atoms. The number of nitrogens with zero attached hydrogens (tertiary/aromatic N) is 2. The minimum atomic E-state index is -0.163. The average Bonchev–Trinajstić information content (AvgIpc) is 3.51. The normalized spacial score (nSPS) is 18.3. The summed E-state index contributed by atoms with van der Waals surface area (Å²) >= 11 is 0. The summed E-state index contributed by atoms with van der Waals surface area (Å²) in [6.45, 7) is 0. The number of carbonyl (C=O) groups excluding carboxylic acids is 2. The highest BCUT2D eigenvalue weighted by molar-refractivity contribution is 6.08. The zero-order valence-electron chi connectivity index (χ0n) is 16.4. The summed E-state index contributed by atoms with van der Waals surface area (Å²) in [5.74, 6) is -0.0845. The van der Waals surface area contributed by atoms with Crippen molar-refractivity contribution in [2.24, 2.45) is 13.0 Å². The van der Waals surface area contributed by atoms with E-state index >= 15 is 0 Å². The Morgan fingerprint density at radius 2 is 1.86 bits per heavy atom. The topological polar surface area (TPSA) is 76.0 Å². The summed E-state index contributed by atoms with van der Waals surface area (Å²) in [6, 6.07) is 11.6. The number of hydrogen-bond acceptors (Lipinski definition) is 3. The number of nitrogens with one attached hydrogen (secondary N) is 2. The second kappa shape index (κ2) is 7.03. The molecule has 0 spiro atoms. The van der Waals surface area contributed by atoms with Crippen LogP contribution in [0.15, 0.2) is 42.6 Å². The first-order valence-corrected chi connectivity index (χ1v) is 10.3. The van der Waals surface area contributed by atoms with Gasteiger partial charge in [0.05, 0.1) is 23.5 Å². The quantitative estimate of drug-likeness (QED) is 0.715. The Morgan fingerprint density at radius 3 is 2.62 bits per heavy atom. The highest BCUT2D eigenvalue weighted by Gasteiger charge is 2.31. The minimum Gasteiger partial charge on any atom is -0.345 e. The molecular weight excluding hydrogens is 364 g/mol. The summed E-state index contributed by atoms with van der Waals surface area (Å²) in [5, 5.41) is 12.5. The molecule has 3 aromatic rings. The van der Waals surface area contributed by atoms with Gasteiger partial charge in [0.25, 0.3) is 5.91 Å². The van der Waals surface area contributed by atoms with Crippen molar-refractivity contribution in [3.63, 3.8) is 0 Å². The second-order valence-electron chi connectivity index (χ2n) is 8.10. The van der Waals surface area contributed by atoms with Crippen molar-refractivity contribution in [3.05, 3.63) is 59.4 Å². The van der Waals surface area contributed by atoms with E-state index in [2.05, 4.69) is 15.7 Å². The molecular formula is C23H24N4O2. The van der Waals surface area contributed by atoms with Gasteiger partial charge in [-0.25, -0.2) is 0 Å². The van der Waals surface area contributed by atoms with Gasteiger partial charge in [-0.3, -0.25) is 14.3 Å². The Hall–Kier alpha value is -3.15. The smallest absolute Gasteiger partial charge is 0.253 e. The first kappa shape index (κ1) is 17.9. The number of rotatable bonds is 4. The van der Waals surface area contributed by atoms with E-state index in [1.165, 1.54) is 5.69 Å². The first-order chi connectivity index (χ1) is 14.1. The van der Waals surface area contributed by atoms with Crippen LogP contribution in [0.3, 0.4) is 0 Å². The van der Waals surface area contributed by atoms with Gasteiger partial charge in [-0.05, 0) is 55.0 Å². The number of fused-ring (bicyclic) bond motifs is 2. The van der Waals surface area contributed by atoms with Crippen molar-refractivity contribution in [2.45, 2.75) is 38.1 Å². The fourth-order valence-corrected chi connectivity index (χ4v) is 4.20. The monoisotopic (exact) mass is 388 g/mol. The summed E-state index contributed by atoms with van der Waals surface area (Å²) in [5.41, 5.74) is 3.37. The van der Waals surface area contributed by atoms with Crippen LogP contribution in [0.4, 0.5) is 5.69 Å². The largest absolute Gasteiger partial charge is 0.345 e. The van der Waals surface area contributed by atoms with Crippen LogP contribution in [0.25, 0.3) is 10.8 Å². The molecule has 1 fully saturated rings. The van der Waals surface area contributed by atoms with Gasteiger partial charge in [-0.15, -0.1) is 0 Å². The molecule has 29 heavy (non-hydrogen) atoms. The molecule has 0 saturated heterocycles. The van der Waals surface area contributed by atoms with Gasteiger partial charge in [0.15, 0.2) is 0 Å². The Morgan fingerprint density at radius 1 is 1.10 bits per heavy atom. The van der Waals surface area contributed by atoms with Gasteiger partial charge in [-0.2, -0.15) is 5.10 Å². The van der Waals surface area contributed by atoms with E-state index in [0.29, 0.717) is 11.3 Å². The minimum absolute atomic E-state index is 0.00143. The van der Waals surface area contributed by atoms with Gasteiger partial charge in [0.1, 0.15) is 0 Å². The lowest BCUT2D eigenvalue weighted by Crippen LogP contribution is -2.31. The molecule has 6 heteroatoms. The number of carbonyl (C=O) groups is 2. The van der Waals surface area contributed by atoms with E-state index in [1.807, 2.05) is 54.3 Å². The third-order valence-corrected chi connectivity index (χ3v) is 6.02. The maximum atomic E-state index is 13.3. The van der Waals surface area contributed by atoms with Gasteiger partial charge in [0, 0.05) is 24.2 Å². The Labute approximate surface area is 169 Å². The Bertz CT molecular complexity index is 1110. The average molecular weight is 388 g/mol. The molecule has 1 unspecified atom stereocenters. The molecule has 1 heterocycles. The molecule has 148 valence electrons. The third kappa shape index (κ3) is 3.39. The van der Waals surface area contributed by atoms with E-state index in [1.54, 1.807) is 0 Å². The van der Waals surface area contributed by atoms with Gasteiger partial charge in [-0.1, -0.05) is 24.3 Å². The van der Waals surface area contributed by atoms with Crippen LogP contribution in [-0.4, -0.2) is 21.6 Å². The van der Waals surface area contributed by atoms with E-state index in [-0.39, 0.29) is 23.8 Å². The molecule has 2 amide bonds. The maximum Gasteiger partial charge on any atom is 0.253 e. The Balaban J connectivity index is 1.48. The highest BCUT2D eigenvalue weighted by atomic mass is 16.2. The van der Waals surface area contributed by atoms with Crippen LogP contribution in [0.5, 0.6) is 0 Å². The van der Waals surface area contributed by atoms with E-state index in [4.69, 9.17) is 0 Å². The third-order valence-electron chi connectivity index (χ3n) is 6.02. The maximum absolute atomic E-state index is 13.3. The molecule has 2 aliphatic rings. The summed E-state index contributed by atoms with van der Waals surface area (Å²) in [4.78, 5) is 25.7. The van der Waals surface area contributed by atoms with Gasteiger partial charge in [0.2, 0.25) is 5.91 Å². The van der Waals surface area contributed by atoms with Crippen molar-refractivity contribution in [3.8, 4) is 0 Å². The fourth-order valence-electron chi connectivity index (χ4n) is 4.20. The summed E-state index contributed by atoms with van der Waals surface area (Å²) in [7, 11) is 1.94. The molecule has 0 aliphatic heterocycles. The highest BCUT2D eigenvalue weighted by Crippen LogP contribution is 2.33. The van der Waals surface area contributed by atoms with Crippen LogP contribution >= 0.6 is 0 Å². The zero-order valence-corrected chi connectivity index (χ0v) is 16.4. The predicted octanol–water partition coefficient (Wildman–Crippen LogP) is 3.73. The van der Waals surface area contributed by atoms with Crippen molar-refractivity contribution in [2.75, 3.05) is 5.32 Å². The molecule has 1 atom stereocenters. The lowest BCUT2D eigenvalue weighted by molar-refractivity contribution is -0.117. The van der Waals surface area contributed by atoms with E-state index in [0.717, 1.165) is 48.4 Å². The fraction of sp³-hybridized carbons (Fsp3) is 0.348. The van der Waals surface area contributed by atoms with Gasteiger partial charge < -0.3 is 10.6 Å². The van der Waals surface area contributed by atoms with E-state index < -0.39 is 0 Å². The van der Waals surface area contributed by atoms with Crippen LogP contribution in [0.2, 0.25) is 0 Å². The lowest BCUT2D eigenvalue weighted by Gasteiger charge is -2.24. The summed E-state index contributed by atoms with van der Waals surface area (Å²) < 4.78 is 1.89. The molecule has 2 aliphatic carbocycles. The molecule has 1 saturated carbocycles. The molecule has 1 aromatic heterocycles. The van der Waals surface area contributed by atoms with Gasteiger partial charge >= 0.3 is 0 Å². The predicted molar refractivity (Wildman–Crippen MR) is 112 cm³/mol. The van der Waals surface area contributed by atoms with Crippen molar-refractivity contribution >= 4 is 28.3 Å². The molecule has 0 radical (unpaired) electrons. The van der Waals surface area contributed by atoms with Crippen LogP contribution in [0, 0.1) is 5.92 Å². The SMILES string of the molecule is Cn1ncc2c1CCCC2NC(=O)c1cc2ccccc2cc1NC(=O)C1CC1. The van der Waals surface area contributed by atoms with Crippen LogP contribution < -0.4 is 10.6 Å². The van der Waals surface area contributed by atoms with E-state index in [9.17, 15) is 9.59 Å². The zero-order chi connectivity index (χ0) is 20.0. The number of benzene rings is 2. The number of aromatic nitrogens is 2. The number of aryl methyl sites for hydroxylation is 1. The summed E-state index contributed by atoms with van der Waals surface area (Å²) in [6.07, 6.45) is 6.59. The molecule has 6 nitrogen and oxygen atoms in total. The molecule has 5 rings (SSSR count). The number of hydrogen-bond donors (Lipinski definition) is 2. The lowest BCUT2D eigenvalue weighted by atomic mass is 9.92. The van der Waals surface area contributed by atoms with Crippen molar-refractivity contribution in [1.82, 2.24) is 15.1 Å². The van der Waals surface area contributed by atoms with Crippen LogP contribution in [-0.2, 0) is 18.3 Å². The molecule has 2 aromatic carbocycles. The van der Waals surface area contributed by atoms with Crippen LogP contribution in [0.1, 0.15) is 53.3 Å². The van der Waals surface area contributed by atoms with Crippen molar-refractivity contribution in [1.29, 1.82) is 0 Å². The second-order valence-corrected chi connectivity index (χ2v) is 8.10. The molecule has 2 N–H and O–H groups in total. The Kier molecular flexibility index (Phi) is 4.34. The standard InChI is InChI=1S/C23H24N4O2/c1-27-21-8-4-7-19(18(21)13-24-27)25-23(29)17-11-15-5-2-3-6-16(15)12-20(17)26-22(28)14-9-10-14/h2-3,5-6,11-14,19H,4,7-10H2,1H3,(H,25,29)(H,26,28). The first-order valence-electron chi connectivity index (χ1n) is 10.3.